The van der Waals surface area contributed by atoms with Crippen LogP contribution in [0.5, 0.6) is 0 Å². The van der Waals surface area contributed by atoms with Gasteiger partial charge in [-0.2, -0.15) is 0 Å². The lowest BCUT2D eigenvalue weighted by Gasteiger charge is -2.30. The van der Waals surface area contributed by atoms with Gasteiger partial charge in [0.05, 0.1) is 12.7 Å². The van der Waals surface area contributed by atoms with Gasteiger partial charge < -0.3 is 25.2 Å². The van der Waals surface area contributed by atoms with Gasteiger partial charge in [-0.05, 0) is 20.0 Å². The van der Waals surface area contributed by atoms with E-state index in [4.69, 9.17) is 4.74 Å². The number of morpholine rings is 1. The fourth-order valence-electron chi connectivity index (χ4n) is 2.46. The van der Waals surface area contributed by atoms with Gasteiger partial charge in [0.25, 0.3) is 0 Å². The molecule has 0 saturated carbocycles. The van der Waals surface area contributed by atoms with Crippen molar-refractivity contribution in [2.45, 2.75) is 12.5 Å². The molecule has 2 rings (SSSR count). The number of rotatable bonds is 2. The lowest BCUT2D eigenvalue weighted by atomic mass is 10.3. The van der Waals surface area contributed by atoms with Crippen LogP contribution in [0, 0.1) is 0 Å². The zero-order chi connectivity index (χ0) is 14.4. The van der Waals surface area contributed by atoms with Crippen molar-refractivity contribution >= 4 is 11.8 Å². The first-order valence-corrected chi connectivity index (χ1v) is 7.25. The lowest BCUT2D eigenvalue weighted by Crippen LogP contribution is -2.49. The normalized spacial score (nSPS) is 25.1. The highest BCUT2D eigenvalue weighted by atomic mass is 16.5. The molecule has 2 aliphatic heterocycles. The van der Waals surface area contributed by atoms with Gasteiger partial charge in [0.2, 0.25) is 0 Å². The first kappa shape index (κ1) is 15.2. The highest BCUT2D eigenvalue weighted by molar-refractivity contribution is 6.35. The van der Waals surface area contributed by atoms with E-state index in [1.807, 2.05) is 7.05 Å². The maximum absolute atomic E-state index is 12.0. The summed E-state index contributed by atoms with van der Waals surface area (Å²) < 4.78 is 5.55. The van der Waals surface area contributed by atoms with Crippen LogP contribution in [0.3, 0.4) is 0 Å². The molecular formula is C13H24N4O3. The number of carbonyl (C=O) groups excluding carboxylic acids is 2. The molecule has 2 aliphatic rings. The summed E-state index contributed by atoms with van der Waals surface area (Å²) in [5.41, 5.74) is 0. The molecular weight excluding hydrogens is 260 g/mol. The first-order chi connectivity index (χ1) is 9.66. The highest BCUT2D eigenvalue weighted by Crippen LogP contribution is 2.02. The van der Waals surface area contributed by atoms with Gasteiger partial charge in [-0.25, -0.2) is 0 Å². The summed E-state index contributed by atoms with van der Waals surface area (Å²) in [4.78, 5) is 27.7. The number of carbonyl (C=O) groups is 2. The molecule has 114 valence electrons. The highest BCUT2D eigenvalue weighted by Gasteiger charge is 2.24. The van der Waals surface area contributed by atoms with Crippen molar-refractivity contribution in [2.24, 2.45) is 0 Å². The number of nitrogens with one attached hydrogen (secondary N) is 2. The van der Waals surface area contributed by atoms with E-state index in [-0.39, 0.29) is 6.10 Å². The molecule has 0 spiro atoms. The molecule has 2 saturated heterocycles. The first-order valence-electron chi connectivity index (χ1n) is 7.25. The van der Waals surface area contributed by atoms with E-state index in [1.165, 1.54) is 0 Å². The van der Waals surface area contributed by atoms with Crippen molar-refractivity contribution in [2.75, 3.05) is 59.5 Å². The zero-order valence-electron chi connectivity index (χ0n) is 12.1. The van der Waals surface area contributed by atoms with E-state index < -0.39 is 11.8 Å². The average molecular weight is 284 g/mol. The van der Waals surface area contributed by atoms with Crippen LogP contribution in [0.1, 0.15) is 6.42 Å². The zero-order valence-corrected chi connectivity index (χ0v) is 12.1. The Morgan fingerprint density at radius 3 is 2.95 bits per heavy atom. The number of likely N-dealkylation sites (N-methyl/N-ethyl adjacent to an activating group) is 1. The van der Waals surface area contributed by atoms with Crippen LogP contribution in [0.15, 0.2) is 0 Å². The van der Waals surface area contributed by atoms with Crippen LogP contribution in [0.4, 0.5) is 0 Å². The fraction of sp³-hybridized carbons (Fsp3) is 0.846. The monoisotopic (exact) mass is 284 g/mol. The van der Waals surface area contributed by atoms with Crippen LogP contribution < -0.4 is 10.6 Å². The molecule has 0 bridgehead atoms. The lowest BCUT2D eigenvalue weighted by molar-refractivity contribution is -0.146. The Morgan fingerprint density at radius 1 is 1.30 bits per heavy atom. The SMILES string of the molecule is CN1CCOC(CNC(=O)C(=O)N2CCCNCC2)C1. The molecule has 1 unspecified atom stereocenters. The predicted octanol–water partition coefficient (Wildman–Crippen LogP) is -1.74. The summed E-state index contributed by atoms with van der Waals surface area (Å²) in [6.07, 6.45) is 0.853. The molecule has 2 N–H and O–H groups in total. The van der Waals surface area contributed by atoms with Gasteiger partial charge in [-0.3, -0.25) is 9.59 Å². The summed E-state index contributed by atoms with van der Waals surface area (Å²) in [6, 6.07) is 0. The third kappa shape index (κ3) is 4.43. The van der Waals surface area contributed by atoms with Gasteiger partial charge in [-0.1, -0.05) is 0 Å². The van der Waals surface area contributed by atoms with Crippen molar-refractivity contribution in [3.05, 3.63) is 0 Å². The fourth-order valence-corrected chi connectivity index (χ4v) is 2.46. The molecule has 7 nitrogen and oxygen atoms in total. The van der Waals surface area contributed by atoms with Gasteiger partial charge >= 0.3 is 11.8 Å². The second-order valence-corrected chi connectivity index (χ2v) is 5.36. The standard InChI is InChI=1S/C13H24N4O3/c1-16-7-8-20-11(10-16)9-15-12(18)13(19)17-5-2-3-14-4-6-17/h11,14H,2-10H2,1H3,(H,15,18). The molecule has 0 aliphatic carbocycles. The summed E-state index contributed by atoms with van der Waals surface area (Å²) in [7, 11) is 2.02. The Morgan fingerprint density at radius 2 is 2.15 bits per heavy atom. The van der Waals surface area contributed by atoms with Crippen LogP contribution in [-0.4, -0.2) is 87.2 Å². The molecule has 20 heavy (non-hydrogen) atoms. The van der Waals surface area contributed by atoms with Gasteiger partial charge in [0.1, 0.15) is 0 Å². The molecule has 2 heterocycles. The number of ether oxygens (including phenoxy) is 1. The van der Waals surface area contributed by atoms with Gasteiger partial charge in [0.15, 0.2) is 0 Å². The quantitative estimate of drug-likeness (QED) is 0.589. The minimum atomic E-state index is -0.524. The van der Waals surface area contributed by atoms with Crippen molar-refractivity contribution in [1.82, 2.24) is 20.4 Å². The van der Waals surface area contributed by atoms with Crippen molar-refractivity contribution < 1.29 is 14.3 Å². The third-order valence-electron chi connectivity index (χ3n) is 3.65. The maximum atomic E-state index is 12.0. The summed E-state index contributed by atoms with van der Waals surface area (Å²) in [5, 5.41) is 5.90. The second kappa shape index (κ2) is 7.56. The number of amides is 2. The molecule has 7 heteroatoms. The van der Waals surface area contributed by atoms with Gasteiger partial charge in [0, 0.05) is 39.3 Å². The van der Waals surface area contributed by atoms with Crippen LogP contribution in [0.25, 0.3) is 0 Å². The number of hydrogen-bond acceptors (Lipinski definition) is 5. The smallest absolute Gasteiger partial charge is 0.311 e. The topological polar surface area (TPSA) is 73.9 Å². The Bertz CT molecular complexity index is 343. The Balaban J connectivity index is 1.74. The largest absolute Gasteiger partial charge is 0.374 e. The molecule has 0 radical (unpaired) electrons. The van der Waals surface area contributed by atoms with E-state index in [0.29, 0.717) is 26.2 Å². The Hall–Kier alpha value is -1.18. The van der Waals surface area contributed by atoms with Crippen LogP contribution >= 0.6 is 0 Å². The minimum absolute atomic E-state index is 0.0312. The van der Waals surface area contributed by atoms with Crippen molar-refractivity contribution in [3.63, 3.8) is 0 Å². The van der Waals surface area contributed by atoms with Gasteiger partial charge in [-0.15, -0.1) is 0 Å². The van der Waals surface area contributed by atoms with Crippen molar-refractivity contribution in [3.8, 4) is 0 Å². The molecule has 2 amide bonds. The molecule has 0 aromatic rings. The summed E-state index contributed by atoms with van der Waals surface area (Å²) in [5.74, 6) is -0.957. The average Bonchev–Trinajstić information content (AvgIpc) is 2.73. The summed E-state index contributed by atoms with van der Waals surface area (Å²) in [6.45, 7) is 5.62. The summed E-state index contributed by atoms with van der Waals surface area (Å²) >= 11 is 0. The predicted molar refractivity (Wildman–Crippen MR) is 74.3 cm³/mol. The van der Waals surface area contributed by atoms with E-state index in [1.54, 1.807) is 4.90 Å². The van der Waals surface area contributed by atoms with Crippen molar-refractivity contribution in [1.29, 1.82) is 0 Å². The van der Waals surface area contributed by atoms with E-state index in [0.717, 1.165) is 32.6 Å². The van der Waals surface area contributed by atoms with Crippen LogP contribution in [0.2, 0.25) is 0 Å². The van der Waals surface area contributed by atoms with E-state index in [2.05, 4.69) is 15.5 Å². The molecule has 2 fully saturated rings. The van der Waals surface area contributed by atoms with Crippen LogP contribution in [-0.2, 0) is 14.3 Å². The number of hydrogen-bond donors (Lipinski definition) is 2. The third-order valence-corrected chi connectivity index (χ3v) is 3.65. The number of nitrogens with zero attached hydrogens (tertiary/aromatic N) is 2. The molecule has 0 aromatic heterocycles. The van der Waals surface area contributed by atoms with E-state index >= 15 is 0 Å². The maximum Gasteiger partial charge on any atom is 0.311 e. The second-order valence-electron chi connectivity index (χ2n) is 5.36. The molecule has 0 aromatic carbocycles. The molecule has 1 atom stereocenters. The van der Waals surface area contributed by atoms with E-state index in [9.17, 15) is 9.59 Å². The Kier molecular flexibility index (Phi) is 5.75. The Labute approximate surface area is 119 Å². The minimum Gasteiger partial charge on any atom is -0.374 e.